The third kappa shape index (κ3) is 5.44. The van der Waals surface area contributed by atoms with Crippen LogP contribution in [-0.2, 0) is 10.5 Å². The molecule has 0 saturated carbocycles. The normalized spacial score (nSPS) is 16.6. The standard InChI is InChI=1S/C21H22F3NO2S/c1-20(11-13-25(14-12-20)19(26)21(22,23)24)27-17-7-9-18(10-8-17)28-15-16-5-3-2-4-6-16/h2-10H,11-15H2,1H3. The first-order valence-corrected chi connectivity index (χ1v) is 10.1. The van der Waals surface area contributed by atoms with E-state index in [1.807, 2.05) is 49.4 Å². The van der Waals surface area contributed by atoms with Gasteiger partial charge in [0.05, 0.1) is 0 Å². The van der Waals surface area contributed by atoms with Crippen LogP contribution < -0.4 is 4.74 Å². The highest BCUT2D eigenvalue weighted by molar-refractivity contribution is 7.98. The van der Waals surface area contributed by atoms with E-state index in [1.54, 1.807) is 11.8 Å². The molecule has 1 fully saturated rings. The number of benzene rings is 2. The Labute approximate surface area is 166 Å². The summed E-state index contributed by atoms with van der Waals surface area (Å²) in [5.41, 5.74) is 0.668. The van der Waals surface area contributed by atoms with Crippen molar-refractivity contribution < 1.29 is 22.7 Å². The van der Waals surface area contributed by atoms with Gasteiger partial charge < -0.3 is 9.64 Å². The van der Waals surface area contributed by atoms with Crippen LogP contribution in [0.25, 0.3) is 0 Å². The largest absolute Gasteiger partial charge is 0.487 e. The Morgan fingerprint density at radius 2 is 1.68 bits per heavy atom. The Morgan fingerprint density at radius 1 is 1.07 bits per heavy atom. The van der Waals surface area contributed by atoms with Gasteiger partial charge in [0.25, 0.3) is 0 Å². The van der Waals surface area contributed by atoms with E-state index in [9.17, 15) is 18.0 Å². The number of hydrogen-bond acceptors (Lipinski definition) is 3. The zero-order valence-electron chi connectivity index (χ0n) is 15.5. The highest BCUT2D eigenvalue weighted by atomic mass is 32.2. The minimum absolute atomic E-state index is 0.0415. The Morgan fingerprint density at radius 3 is 2.25 bits per heavy atom. The molecule has 2 aromatic carbocycles. The smallest absolute Gasteiger partial charge is 0.471 e. The Kier molecular flexibility index (Phi) is 6.23. The van der Waals surface area contributed by atoms with Gasteiger partial charge in [-0.1, -0.05) is 30.3 Å². The van der Waals surface area contributed by atoms with Crippen molar-refractivity contribution in [2.45, 2.75) is 42.2 Å². The SMILES string of the molecule is CC1(Oc2ccc(SCc3ccccc3)cc2)CCN(C(=O)C(F)(F)F)CC1. The topological polar surface area (TPSA) is 29.5 Å². The Hall–Kier alpha value is -2.15. The zero-order valence-corrected chi connectivity index (χ0v) is 16.4. The van der Waals surface area contributed by atoms with Gasteiger partial charge in [-0.3, -0.25) is 4.79 Å². The molecule has 3 rings (SSSR count). The third-order valence-corrected chi connectivity index (χ3v) is 5.87. The van der Waals surface area contributed by atoms with Crippen LogP contribution in [0.15, 0.2) is 59.5 Å². The molecule has 1 aliphatic rings. The second kappa shape index (κ2) is 8.47. The highest BCUT2D eigenvalue weighted by Crippen LogP contribution is 2.32. The summed E-state index contributed by atoms with van der Waals surface area (Å²) < 4.78 is 43.7. The maximum atomic E-state index is 12.6. The lowest BCUT2D eigenvalue weighted by Gasteiger charge is -2.39. The van der Waals surface area contributed by atoms with E-state index < -0.39 is 17.7 Å². The number of alkyl halides is 3. The molecule has 0 N–H and O–H groups in total. The van der Waals surface area contributed by atoms with Crippen LogP contribution >= 0.6 is 11.8 Å². The average Bonchev–Trinajstić information content (AvgIpc) is 2.67. The van der Waals surface area contributed by atoms with Crippen LogP contribution in [-0.4, -0.2) is 35.7 Å². The van der Waals surface area contributed by atoms with Gasteiger partial charge >= 0.3 is 12.1 Å². The number of hydrogen-bond donors (Lipinski definition) is 0. The molecular formula is C21H22F3NO2S. The third-order valence-electron chi connectivity index (χ3n) is 4.79. The van der Waals surface area contributed by atoms with Gasteiger partial charge in [-0.2, -0.15) is 13.2 Å². The quantitative estimate of drug-likeness (QED) is 0.628. The van der Waals surface area contributed by atoms with Crippen molar-refractivity contribution >= 4 is 17.7 Å². The van der Waals surface area contributed by atoms with Crippen LogP contribution in [0.4, 0.5) is 13.2 Å². The van der Waals surface area contributed by atoms with Gasteiger partial charge in [-0.05, 0) is 36.8 Å². The highest BCUT2D eigenvalue weighted by Gasteiger charge is 2.45. The second-order valence-corrected chi connectivity index (χ2v) is 8.14. The summed E-state index contributed by atoms with van der Waals surface area (Å²) >= 11 is 1.73. The first-order chi connectivity index (χ1) is 13.3. The molecule has 0 unspecified atom stereocenters. The molecule has 1 heterocycles. The first kappa shape index (κ1) is 20.6. The predicted octanol–water partition coefficient (Wildman–Crippen LogP) is 5.30. The van der Waals surface area contributed by atoms with Gasteiger partial charge in [0.1, 0.15) is 11.4 Å². The van der Waals surface area contributed by atoms with E-state index in [0.717, 1.165) is 15.5 Å². The molecule has 0 atom stereocenters. The van der Waals surface area contributed by atoms with E-state index in [2.05, 4.69) is 12.1 Å². The molecule has 1 amide bonds. The van der Waals surface area contributed by atoms with E-state index >= 15 is 0 Å². The fraction of sp³-hybridized carbons (Fsp3) is 0.381. The number of piperidine rings is 1. The molecule has 0 aromatic heterocycles. The van der Waals surface area contributed by atoms with Gasteiger partial charge in [-0.25, -0.2) is 0 Å². The number of rotatable bonds is 5. The monoisotopic (exact) mass is 409 g/mol. The number of thioether (sulfide) groups is 1. The van der Waals surface area contributed by atoms with Crippen molar-refractivity contribution in [2.24, 2.45) is 0 Å². The summed E-state index contributed by atoms with van der Waals surface area (Å²) in [7, 11) is 0. The van der Waals surface area contributed by atoms with Gasteiger partial charge in [-0.15, -0.1) is 11.8 Å². The van der Waals surface area contributed by atoms with Crippen LogP contribution in [0.5, 0.6) is 5.75 Å². The molecule has 1 aliphatic heterocycles. The van der Waals surface area contributed by atoms with Crippen molar-refractivity contribution in [3.05, 3.63) is 60.2 Å². The van der Waals surface area contributed by atoms with E-state index in [-0.39, 0.29) is 13.1 Å². The van der Waals surface area contributed by atoms with E-state index in [4.69, 9.17) is 4.74 Å². The van der Waals surface area contributed by atoms with Crippen LogP contribution in [0.2, 0.25) is 0 Å². The minimum atomic E-state index is -4.82. The van der Waals surface area contributed by atoms with E-state index in [0.29, 0.717) is 18.6 Å². The molecular weight excluding hydrogens is 387 g/mol. The minimum Gasteiger partial charge on any atom is -0.487 e. The Balaban J connectivity index is 1.52. The fourth-order valence-electron chi connectivity index (χ4n) is 3.09. The summed E-state index contributed by atoms with van der Waals surface area (Å²) in [6.45, 7) is 1.96. The number of ether oxygens (including phenoxy) is 1. The average molecular weight is 409 g/mol. The van der Waals surface area contributed by atoms with E-state index in [1.165, 1.54) is 5.56 Å². The summed E-state index contributed by atoms with van der Waals surface area (Å²) in [6, 6.07) is 17.9. The first-order valence-electron chi connectivity index (χ1n) is 9.07. The number of halogens is 3. The molecule has 7 heteroatoms. The molecule has 0 aliphatic carbocycles. The maximum absolute atomic E-state index is 12.6. The summed E-state index contributed by atoms with van der Waals surface area (Å²) in [5, 5.41) is 0. The summed E-state index contributed by atoms with van der Waals surface area (Å²) in [4.78, 5) is 13.3. The van der Waals surface area contributed by atoms with Gasteiger partial charge in [0.2, 0.25) is 0 Å². The lowest BCUT2D eigenvalue weighted by Crippen LogP contribution is -2.51. The molecule has 1 saturated heterocycles. The maximum Gasteiger partial charge on any atom is 0.471 e. The molecule has 28 heavy (non-hydrogen) atoms. The van der Waals surface area contributed by atoms with Gasteiger partial charge in [0.15, 0.2) is 0 Å². The van der Waals surface area contributed by atoms with Crippen molar-refractivity contribution in [2.75, 3.05) is 13.1 Å². The van der Waals surface area contributed by atoms with Crippen LogP contribution in [0.1, 0.15) is 25.3 Å². The molecule has 150 valence electrons. The van der Waals surface area contributed by atoms with Crippen molar-refractivity contribution in [1.29, 1.82) is 0 Å². The lowest BCUT2D eigenvalue weighted by molar-refractivity contribution is -0.188. The summed E-state index contributed by atoms with van der Waals surface area (Å²) in [5.74, 6) is -0.210. The molecule has 0 bridgehead atoms. The van der Waals surface area contributed by atoms with Crippen molar-refractivity contribution in [1.82, 2.24) is 4.90 Å². The number of likely N-dealkylation sites (tertiary alicyclic amines) is 1. The number of nitrogens with zero attached hydrogens (tertiary/aromatic N) is 1. The number of carbonyl (C=O) groups is 1. The fourth-order valence-corrected chi connectivity index (χ4v) is 3.95. The van der Waals surface area contributed by atoms with Crippen LogP contribution in [0, 0.1) is 0 Å². The van der Waals surface area contributed by atoms with Gasteiger partial charge in [0, 0.05) is 36.6 Å². The molecule has 3 nitrogen and oxygen atoms in total. The van der Waals surface area contributed by atoms with Crippen LogP contribution in [0.3, 0.4) is 0 Å². The molecule has 0 spiro atoms. The predicted molar refractivity (Wildman–Crippen MR) is 103 cm³/mol. The number of carbonyl (C=O) groups excluding carboxylic acids is 1. The second-order valence-electron chi connectivity index (χ2n) is 7.09. The summed E-state index contributed by atoms with van der Waals surface area (Å²) in [6.07, 6.45) is -4.10. The molecule has 0 radical (unpaired) electrons. The Bertz CT molecular complexity index is 786. The number of amides is 1. The zero-order chi connectivity index (χ0) is 20.2. The van der Waals surface area contributed by atoms with Crippen molar-refractivity contribution in [3.8, 4) is 5.75 Å². The lowest BCUT2D eigenvalue weighted by atomic mass is 9.93. The van der Waals surface area contributed by atoms with Crippen molar-refractivity contribution in [3.63, 3.8) is 0 Å². The molecule has 2 aromatic rings.